The van der Waals surface area contributed by atoms with Gasteiger partial charge in [-0.25, -0.2) is 8.42 Å². The molecule has 106 valence electrons. The molecule has 1 fully saturated rings. The Morgan fingerprint density at radius 3 is 2.63 bits per heavy atom. The minimum atomic E-state index is -3.35. The van der Waals surface area contributed by atoms with Crippen molar-refractivity contribution >= 4 is 10.0 Å². The quantitative estimate of drug-likeness (QED) is 0.867. The van der Waals surface area contributed by atoms with Crippen molar-refractivity contribution in [1.29, 1.82) is 0 Å². The highest BCUT2D eigenvalue weighted by Crippen LogP contribution is 2.31. The van der Waals surface area contributed by atoms with Gasteiger partial charge in [0.2, 0.25) is 10.0 Å². The summed E-state index contributed by atoms with van der Waals surface area (Å²) in [7, 11) is -1.66. The molecule has 0 saturated heterocycles. The Balaban J connectivity index is 2.31. The van der Waals surface area contributed by atoms with Crippen LogP contribution in [0.3, 0.4) is 0 Å². The summed E-state index contributed by atoms with van der Waals surface area (Å²) in [6.07, 6.45) is 1.96. The third-order valence-corrected chi connectivity index (χ3v) is 5.60. The Morgan fingerprint density at radius 2 is 2.05 bits per heavy atom. The van der Waals surface area contributed by atoms with Gasteiger partial charge in [-0.05, 0) is 43.5 Å². The summed E-state index contributed by atoms with van der Waals surface area (Å²) in [6.45, 7) is 5.46. The van der Waals surface area contributed by atoms with Crippen LogP contribution in [-0.2, 0) is 16.6 Å². The fourth-order valence-corrected chi connectivity index (χ4v) is 3.78. The molecule has 19 heavy (non-hydrogen) atoms. The summed E-state index contributed by atoms with van der Waals surface area (Å²) in [6, 6.07) is 5.86. The van der Waals surface area contributed by atoms with E-state index >= 15 is 0 Å². The van der Waals surface area contributed by atoms with Gasteiger partial charge >= 0.3 is 0 Å². The zero-order chi connectivity index (χ0) is 14.0. The average molecular weight is 282 g/mol. The van der Waals surface area contributed by atoms with Crippen molar-refractivity contribution in [2.45, 2.75) is 44.2 Å². The fraction of sp³-hybridized carbons (Fsp3) is 0.571. The van der Waals surface area contributed by atoms with E-state index in [0.29, 0.717) is 11.4 Å². The first kappa shape index (κ1) is 14.5. The highest BCUT2D eigenvalue weighted by molar-refractivity contribution is 7.89. The number of rotatable bonds is 6. The molecule has 4 nitrogen and oxygen atoms in total. The van der Waals surface area contributed by atoms with Gasteiger partial charge in [0, 0.05) is 19.6 Å². The lowest BCUT2D eigenvalue weighted by Crippen LogP contribution is -2.29. The first-order chi connectivity index (χ1) is 8.96. The molecule has 1 saturated carbocycles. The Hall–Kier alpha value is -0.910. The maximum absolute atomic E-state index is 12.6. The molecule has 1 aromatic carbocycles. The zero-order valence-electron chi connectivity index (χ0n) is 11.8. The van der Waals surface area contributed by atoms with Gasteiger partial charge in [-0.3, -0.25) is 0 Å². The van der Waals surface area contributed by atoms with Crippen molar-refractivity contribution < 1.29 is 8.42 Å². The third-order valence-electron chi connectivity index (χ3n) is 3.55. The number of sulfonamides is 1. The van der Waals surface area contributed by atoms with Crippen molar-refractivity contribution in [3.8, 4) is 0 Å². The van der Waals surface area contributed by atoms with Crippen LogP contribution in [0.25, 0.3) is 0 Å². The molecule has 1 aliphatic rings. The van der Waals surface area contributed by atoms with Gasteiger partial charge in [-0.2, -0.15) is 4.31 Å². The van der Waals surface area contributed by atoms with E-state index in [4.69, 9.17) is 0 Å². The van der Waals surface area contributed by atoms with E-state index in [1.807, 2.05) is 26.0 Å². The summed E-state index contributed by atoms with van der Waals surface area (Å²) in [4.78, 5) is 0.442. The minimum absolute atomic E-state index is 0.196. The standard InChI is InChI=1S/C14H22N2O2S/c1-4-15-10-12-6-5-11(2)14(9-12)19(17,18)16(3)13-7-8-13/h5-6,9,13,15H,4,7-8,10H2,1-3H3. The van der Waals surface area contributed by atoms with Crippen LogP contribution >= 0.6 is 0 Å². The maximum Gasteiger partial charge on any atom is 0.243 e. The molecule has 1 aromatic rings. The molecule has 0 aliphatic heterocycles. The predicted molar refractivity (Wildman–Crippen MR) is 76.5 cm³/mol. The normalized spacial score (nSPS) is 16.0. The van der Waals surface area contributed by atoms with Gasteiger partial charge in [0.1, 0.15) is 0 Å². The number of hydrogen-bond acceptors (Lipinski definition) is 3. The first-order valence-electron chi connectivity index (χ1n) is 6.75. The van der Waals surface area contributed by atoms with E-state index in [1.165, 1.54) is 4.31 Å². The molecule has 0 radical (unpaired) electrons. The van der Waals surface area contributed by atoms with Gasteiger partial charge in [0.25, 0.3) is 0 Å². The Kier molecular flexibility index (Phi) is 4.28. The zero-order valence-corrected chi connectivity index (χ0v) is 12.6. The highest BCUT2D eigenvalue weighted by atomic mass is 32.2. The first-order valence-corrected chi connectivity index (χ1v) is 8.19. The summed E-state index contributed by atoms with van der Waals surface area (Å²) in [5.41, 5.74) is 1.82. The average Bonchev–Trinajstić information content (AvgIpc) is 3.21. The molecular formula is C14H22N2O2S. The van der Waals surface area contributed by atoms with Gasteiger partial charge in [-0.1, -0.05) is 19.1 Å². The minimum Gasteiger partial charge on any atom is -0.313 e. The number of nitrogens with zero attached hydrogens (tertiary/aromatic N) is 1. The van der Waals surface area contributed by atoms with Crippen LogP contribution < -0.4 is 5.32 Å². The lowest BCUT2D eigenvalue weighted by molar-refractivity contribution is 0.463. The summed E-state index contributed by atoms with van der Waals surface area (Å²) < 4.78 is 26.7. The van der Waals surface area contributed by atoms with Gasteiger partial charge in [0.15, 0.2) is 0 Å². The molecule has 1 N–H and O–H groups in total. The van der Waals surface area contributed by atoms with Crippen LogP contribution in [0.5, 0.6) is 0 Å². The summed E-state index contributed by atoms with van der Waals surface area (Å²) >= 11 is 0. The van der Waals surface area contributed by atoms with Gasteiger partial charge < -0.3 is 5.32 Å². The van der Waals surface area contributed by atoms with Crippen LogP contribution in [-0.4, -0.2) is 32.4 Å². The lowest BCUT2D eigenvalue weighted by Gasteiger charge is -2.18. The third kappa shape index (κ3) is 3.16. The fourth-order valence-electron chi connectivity index (χ4n) is 2.09. The second-order valence-electron chi connectivity index (χ2n) is 5.13. The molecule has 0 spiro atoms. The number of nitrogens with one attached hydrogen (secondary N) is 1. The monoisotopic (exact) mass is 282 g/mol. The molecule has 1 aliphatic carbocycles. The lowest BCUT2D eigenvalue weighted by atomic mass is 10.1. The van der Waals surface area contributed by atoms with Crippen LogP contribution in [0.15, 0.2) is 23.1 Å². The molecule has 0 aromatic heterocycles. The van der Waals surface area contributed by atoms with Crippen molar-refractivity contribution in [3.05, 3.63) is 29.3 Å². The number of benzene rings is 1. The van der Waals surface area contributed by atoms with Gasteiger partial charge in [0.05, 0.1) is 4.90 Å². The van der Waals surface area contributed by atoms with Crippen LogP contribution in [0, 0.1) is 6.92 Å². The second kappa shape index (κ2) is 5.61. The van der Waals surface area contributed by atoms with E-state index < -0.39 is 10.0 Å². The van der Waals surface area contributed by atoms with Crippen molar-refractivity contribution in [1.82, 2.24) is 9.62 Å². The van der Waals surface area contributed by atoms with E-state index in [2.05, 4.69) is 5.32 Å². The molecule has 0 heterocycles. The topological polar surface area (TPSA) is 49.4 Å². The second-order valence-corrected chi connectivity index (χ2v) is 7.10. The molecule has 0 unspecified atom stereocenters. The Morgan fingerprint density at radius 1 is 1.37 bits per heavy atom. The summed E-state index contributed by atoms with van der Waals surface area (Å²) in [5, 5.41) is 3.22. The van der Waals surface area contributed by atoms with Crippen LogP contribution in [0.1, 0.15) is 30.9 Å². The molecule has 2 rings (SSSR count). The smallest absolute Gasteiger partial charge is 0.243 e. The molecular weight excluding hydrogens is 260 g/mol. The molecule has 0 amide bonds. The van der Waals surface area contributed by atoms with E-state index in [1.54, 1.807) is 13.1 Å². The Bertz CT molecular complexity index is 551. The van der Waals surface area contributed by atoms with Crippen molar-refractivity contribution in [2.75, 3.05) is 13.6 Å². The largest absolute Gasteiger partial charge is 0.313 e. The van der Waals surface area contributed by atoms with E-state index in [9.17, 15) is 8.42 Å². The molecule has 5 heteroatoms. The van der Waals surface area contributed by atoms with Crippen LogP contribution in [0.4, 0.5) is 0 Å². The van der Waals surface area contributed by atoms with E-state index in [0.717, 1.165) is 30.5 Å². The maximum atomic E-state index is 12.6. The highest BCUT2D eigenvalue weighted by Gasteiger charge is 2.35. The Labute approximate surface area is 115 Å². The molecule has 0 bridgehead atoms. The van der Waals surface area contributed by atoms with Crippen molar-refractivity contribution in [3.63, 3.8) is 0 Å². The van der Waals surface area contributed by atoms with Crippen molar-refractivity contribution in [2.24, 2.45) is 0 Å². The number of aryl methyl sites for hydroxylation is 1. The SMILES string of the molecule is CCNCc1ccc(C)c(S(=O)(=O)N(C)C2CC2)c1. The predicted octanol–water partition coefficient (Wildman–Crippen LogP) is 1.89. The van der Waals surface area contributed by atoms with E-state index in [-0.39, 0.29) is 6.04 Å². The number of hydrogen-bond donors (Lipinski definition) is 1. The summed E-state index contributed by atoms with van der Waals surface area (Å²) in [5.74, 6) is 0. The van der Waals surface area contributed by atoms with Crippen LogP contribution in [0.2, 0.25) is 0 Å². The van der Waals surface area contributed by atoms with Gasteiger partial charge in [-0.15, -0.1) is 0 Å². The molecule has 0 atom stereocenters.